The number of hydrogen-bond acceptors (Lipinski definition) is 2. The maximum absolute atomic E-state index is 4.53. The van der Waals surface area contributed by atoms with Crippen molar-refractivity contribution in [2.45, 2.75) is 39.0 Å². The van der Waals surface area contributed by atoms with Crippen molar-refractivity contribution in [1.29, 1.82) is 0 Å². The summed E-state index contributed by atoms with van der Waals surface area (Å²) in [6.07, 6.45) is 5.81. The molecule has 2 unspecified atom stereocenters. The summed E-state index contributed by atoms with van der Waals surface area (Å²) in [5.74, 6) is 1.36. The van der Waals surface area contributed by atoms with Crippen LogP contribution in [0.2, 0.25) is 0 Å². The first-order chi connectivity index (χ1) is 10.1. The average Bonchev–Trinajstić information content (AvgIpc) is 2.48. The van der Waals surface area contributed by atoms with Gasteiger partial charge in [0.2, 0.25) is 0 Å². The zero-order valence-corrected chi connectivity index (χ0v) is 13.4. The molecule has 0 saturated heterocycles. The van der Waals surface area contributed by atoms with Gasteiger partial charge in [-0.1, -0.05) is 32.0 Å². The molecule has 112 valence electrons. The summed E-state index contributed by atoms with van der Waals surface area (Å²) in [6.45, 7) is 5.94. The van der Waals surface area contributed by atoms with Gasteiger partial charge in [0.05, 0.1) is 5.52 Å². The van der Waals surface area contributed by atoms with Crippen LogP contribution >= 0.6 is 0 Å². The van der Waals surface area contributed by atoms with E-state index < -0.39 is 0 Å². The van der Waals surface area contributed by atoms with Gasteiger partial charge in [0, 0.05) is 11.6 Å². The lowest BCUT2D eigenvalue weighted by Crippen LogP contribution is -2.33. The Hall–Kier alpha value is -1.41. The van der Waals surface area contributed by atoms with Gasteiger partial charge < -0.3 is 5.32 Å². The van der Waals surface area contributed by atoms with Crippen molar-refractivity contribution >= 4 is 10.9 Å². The number of fused-ring (bicyclic) bond motifs is 1. The van der Waals surface area contributed by atoms with Gasteiger partial charge in [0.25, 0.3) is 0 Å². The van der Waals surface area contributed by atoms with Crippen LogP contribution in [0.1, 0.15) is 44.6 Å². The van der Waals surface area contributed by atoms with Crippen LogP contribution in [0.3, 0.4) is 0 Å². The van der Waals surface area contributed by atoms with E-state index in [0.29, 0.717) is 11.3 Å². The van der Waals surface area contributed by atoms with E-state index in [-0.39, 0.29) is 0 Å². The number of hydrogen-bond donors (Lipinski definition) is 1. The van der Waals surface area contributed by atoms with Gasteiger partial charge in [0.15, 0.2) is 0 Å². The van der Waals surface area contributed by atoms with Crippen LogP contribution in [-0.2, 0) is 0 Å². The van der Waals surface area contributed by atoms with E-state index in [9.17, 15) is 0 Å². The molecule has 2 atom stereocenters. The summed E-state index contributed by atoms with van der Waals surface area (Å²) in [5, 5.41) is 4.73. The molecule has 3 rings (SSSR count). The molecule has 0 radical (unpaired) electrons. The maximum atomic E-state index is 4.53. The standard InChI is InChI=1S/C19H26N2/c1-19(2)10-9-14(13-20-3)17(12-19)15-6-4-8-18-16(15)7-5-11-21-18/h4-8,11,14,17,20H,9-10,12-13H2,1-3H3. The van der Waals surface area contributed by atoms with E-state index in [1.54, 1.807) is 0 Å². The molecule has 0 aliphatic heterocycles. The van der Waals surface area contributed by atoms with Crippen LogP contribution in [0.4, 0.5) is 0 Å². The fourth-order valence-electron chi connectivity index (χ4n) is 3.96. The lowest BCUT2D eigenvalue weighted by atomic mass is 9.64. The Balaban J connectivity index is 2.04. The molecule has 2 aromatic rings. The fraction of sp³-hybridized carbons (Fsp3) is 0.526. The predicted molar refractivity (Wildman–Crippen MR) is 89.5 cm³/mol. The number of pyridine rings is 1. The van der Waals surface area contributed by atoms with Crippen molar-refractivity contribution in [2.24, 2.45) is 11.3 Å². The van der Waals surface area contributed by atoms with Gasteiger partial charge in [-0.3, -0.25) is 4.98 Å². The van der Waals surface area contributed by atoms with Gasteiger partial charge in [-0.15, -0.1) is 0 Å². The van der Waals surface area contributed by atoms with Crippen molar-refractivity contribution < 1.29 is 0 Å². The third-order valence-electron chi connectivity index (χ3n) is 5.08. The molecule has 1 fully saturated rings. The molecular weight excluding hydrogens is 256 g/mol. The van der Waals surface area contributed by atoms with Gasteiger partial charge in [-0.05, 0) is 67.8 Å². The van der Waals surface area contributed by atoms with Crippen molar-refractivity contribution in [1.82, 2.24) is 10.3 Å². The third-order valence-corrected chi connectivity index (χ3v) is 5.08. The minimum Gasteiger partial charge on any atom is -0.319 e. The molecule has 1 N–H and O–H groups in total. The number of benzene rings is 1. The smallest absolute Gasteiger partial charge is 0.0704 e. The van der Waals surface area contributed by atoms with Crippen LogP contribution in [-0.4, -0.2) is 18.6 Å². The van der Waals surface area contributed by atoms with Gasteiger partial charge in [-0.25, -0.2) is 0 Å². The van der Waals surface area contributed by atoms with Crippen molar-refractivity contribution in [2.75, 3.05) is 13.6 Å². The fourth-order valence-corrected chi connectivity index (χ4v) is 3.96. The molecule has 0 bridgehead atoms. The zero-order valence-electron chi connectivity index (χ0n) is 13.4. The first-order valence-corrected chi connectivity index (χ1v) is 8.09. The summed E-state index contributed by atoms with van der Waals surface area (Å²) in [5.41, 5.74) is 3.06. The molecule has 1 aliphatic rings. The molecule has 1 aliphatic carbocycles. The number of rotatable bonds is 3. The number of nitrogens with zero attached hydrogens (tertiary/aromatic N) is 1. The van der Waals surface area contributed by atoms with E-state index in [4.69, 9.17) is 0 Å². The highest BCUT2D eigenvalue weighted by atomic mass is 14.8. The normalized spacial score (nSPS) is 25.1. The van der Waals surface area contributed by atoms with Gasteiger partial charge >= 0.3 is 0 Å². The molecule has 2 heteroatoms. The first kappa shape index (κ1) is 14.5. The Morgan fingerprint density at radius 2 is 2.10 bits per heavy atom. The second-order valence-electron chi connectivity index (χ2n) is 7.25. The SMILES string of the molecule is CNCC1CCC(C)(C)CC1c1cccc2ncccc12. The van der Waals surface area contributed by atoms with Crippen molar-refractivity contribution in [3.05, 3.63) is 42.1 Å². The van der Waals surface area contributed by atoms with E-state index in [1.165, 1.54) is 30.2 Å². The summed E-state index contributed by atoms with van der Waals surface area (Å²) in [4.78, 5) is 4.53. The van der Waals surface area contributed by atoms with Gasteiger partial charge in [-0.2, -0.15) is 0 Å². The Bertz CT molecular complexity index is 612. The third kappa shape index (κ3) is 2.96. The molecule has 0 spiro atoms. The minimum atomic E-state index is 0.444. The molecule has 1 heterocycles. The lowest BCUT2D eigenvalue weighted by molar-refractivity contribution is 0.162. The first-order valence-electron chi connectivity index (χ1n) is 8.09. The summed E-state index contributed by atoms with van der Waals surface area (Å²) in [7, 11) is 2.07. The maximum Gasteiger partial charge on any atom is 0.0704 e. The van der Waals surface area contributed by atoms with Crippen LogP contribution in [0.25, 0.3) is 10.9 Å². The predicted octanol–water partition coefficient (Wildman–Crippen LogP) is 4.36. The summed E-state index contributed by atoms with van der Waals surface area (Å²) in [6, 6.07) is 10.9. The molecule has 2 nitrogen and oxygen atoms in total. The number of aromatic nitrogens is 1. The minimum absolute atomic E-state index is 0.444. The Morgan fingerprint density at radius 1 is 1.24 bits per heavy atom. The number of nitrogens with one attached hydrogen (secondary N) is 1. The molecule has 1 aromatic carbocycles. The Morgan fingerprint density at radius 3 is 2.90 bits per heavy atom. The highest BCUT2D eigenvalue weighted by Crippen LogP contribution is 2.47. The van der Waals surface area contributed by atoms with Crippen LogP contribution in [0, 0.1) is 11.3 Å². The highest BCUT2D eigenvalue weighted by molar-refractivity contribution is 5.82. The Kier molecular flexibility index (Phi) is 3.99. The molecule has 0 amide bonds. The summed E-state index contributed by atoms with van der Waals surface area (Å²) < 4.78 is 0. The van der Waals surface area contributed by atoms with E-state index in [0.717, 1.165) is 18.0 Å². The second-order valence-corrected chi connectivity index (χ2v) is 7.25. The monoisotopic (exact) mass is 282 g/mol. The second kappa shape index (κ2) is 5.76. The topological polar surface area (TPSA) is 24.9 Å². The van der Waals surface area contributed by atoms with Gasteiger partial charge in [0.1, 0.15) is 0 Å². The molecular formula is C19H26N2. The highest BCUT2D eigenvalue weighted by Gasteiger charge is 2.35. The molecule has 1 aromatic heterocycles. The Labute approximate surface area is 128 Å². The van der Waals surface area contributed by atoms with E-state index >= 15 is 0 Å². The molecule has 21 heavy (non-hydrogen) atoms. The summed E-state index contributed by atoms with van der Waals surface area (Å²) >= 11 is 0. The van der Waals surface area contributed by atoms with Crippen molar-refractivity contribution in [3.8, 4) is 0 Å². The van der Waals surface area contributed by atoms with Crippen LogP contribution in [0.15, 0.2) is 36.5 Å². The van der Waals surface area contributed by atoms with Crippen molar-refractivity contribution in [3.63, 3.8) is 0 Å². The quantitative estimate of drug-likeness (QED) is 0.904. The lowest BCUT2D eigenvalue weighted by Gasteiger charge is -2.41. The van der Waals surface area contributed by atoms with E-state index in [1.807, 2.05) is 6.20 Å². The van der Waals surface area contributed by atoms with Crippen LogP contribution < -0.4 is 5.32 Å². The molecule has 1 saturated carbocycles. The largest absolute Gasteiger partial charge is 0.319 e. The zero-order chi connectivity index (χ0) is 14.9. The van der Waals surface area contributed by atoms with E-state index in [2.05, 4.69) is 61.5 Å². The average molecular weight is 282 g/mol. The van der Waals surface area contributed by atoms with Crippen LogP contribution in [0.5, 0.6) is 0 Å².